The number of aromatic nitrogens is 1. The van der Waals surface area contributed by atoms with E-state index in [9.17, 15) is 0 Å². The van der Waals surface area contributed by atoms with E-state index < -0.39 is 6.85 Å². The molecule has 88 valence electrons. The molecular weight excluding hydrogens is 206 g/mol. The number of aryl methyl sites for hydroxylation is 5. The third-order valence-corrected chi connectivity index (χ3v) is 3.22. The molecule has 0 saturated carbocycles. The molecule has 1 heteroatoms. The largest absolute Gasteiger partial charge is 0.213 e. The van der Waals surface area contributed by atoms with Crippen LogP contribution < -0.4 is 4.57 Å². The Balaban J connectivity index is 2.69. The highest BCUT2D eigenvalue weighted by molar-refractivity contribution is 5.65. The van der Waals surface area contributed by atoms with Crippen LogP contribution in [0.3, 0.4) is 0 Å². The summed E-state index contributed by atoms with van der Waals surface area (Å²) in [5.74, 6) is 0. The molecular formula is C16H20N+. The second-order valence-corrected chi connectivity index (χ2v) is 4.63. The number of rotatable bonds is 1. The van der Waals surface area contributed by atoms with E-state index in [1.807, 2.05) is 30.7 Å². The quantitative estimate of drug-likeness (QED) is 0.660. The van der Waals surface area contributed by atoms with E-state index in [4.69, 9.17) is 4.11 Å². The molecule has 1 nitrogen and oxygen atoms in total. The van der Waals surface area contributed by atoms with Crippen molar-refractivity contribution in [1.29, 1.82) is 0 Å². The molecule has 0 fully saturated rings. The molecule has 1 aromatic carbocycles. The lowest BCUT2D eigenvalue weighted by atomic mass is 9.97. The molecule has 0 radical (unpaired) electrons. The van der Waals surface area contributed by atoms with Crippen molar-refractivity contribution in [3.05, 3.63) is 52.7 Å². The zero-order valence-electron chi connectivity index (χ0n) is 13.8. The normalized spacial score (nSPS) is 14.0. The molecule has 2 aromatic rings. The topological polar surface area (TPSA) is 3.88 Å². The minimum absolute atomic E-state index is 0.412. The van der Waals surface area contributed by atoms with Gasteiger partial charge >= 0.3 is 0 Å². The molecule has 0 spiro atoms. The van der Waals surface area contributed by atoms with Gasteiger partial charge in [-0.25, -0.2) is 4.57 Å². The molecule has 0 aliphatic carbocycles. The minimum Gasteiger partial charge on any atom is -0.201 e. The number of hydrogen-bond acceptors (Lipinski definition) is 0. The van der Waals surface area contributed by atoms with E-state index in [0.717, 1.165) is 11.3 Å². The number of pyridine rings is 1. The molecule has 0 aliphatic rings. The van der Waals surface area contributed by atoms with Crippen LogP contribution in [0.5, 0.6) is 0 Å². The van der Waals surface area contributed by atoms with Crippen LogP contribution in [0.1, 0.15) is 26.4 Å². The van der Waals surface area contributed by atoms with Crippen LogP contribution in [0.15, 0.2) is 30.5 Å². The van der Waals surface area contributed by atoms with Gasteiger partial charge in [-0.2, -0.15) is 0 Å². The first-order chi connectivity index (χ1) is 9.21. The van der Waals surface area contributed by atoms with Crippen LogP contribution in [0, 0.1) is 27.6 Å². The average molecular weight is 229 g/mol. The molecule has 0 N–H and O–H groups in total. The zero-order valence-corrected chi connectivity index (χ0v) is 10.8. The smallest absolute Gasteiger partial charge is 0.201 e. The van der Waals surface area contributed by atoms with Crippen molar-refractivity contribution < 1.29 is 8.68 Å². The Labute approximate surface area is 108 Å². The molecule has 0 aliphatic heterocycles. The van der Waals surface area contributed by atoms with Crippen molar-refractivity contribution in [2.24, 2.45) is 7.05 Å². The summed E-state index contributed by atoms with van der Waals surface area (Å²) in [5, 5.41) is 0. The average Bonchev–Trinajstić information content (AvgIpc) is 2.31. The highest BCUT2D eigenvalue weighted by Gasteiger charge is 2.15. The molecule has 0 bridgehead atoms. The van der Waals surface area contributed by atoms with E-state index in [1.165, 1.54) is 16.7 Å². The summed E-state index contributed by atoms with van der Waals surface area (Å²) in [5.41, 5.74) is 5.83. The summed E-state index contributed by atoms with van der Waals surface area (Å²) in [4.78, 5) is 0. The van der Waals surface area contributed by atoms with Crippen LogP contribution in [-0.4, -0.2) is 0 Å². The first kappa shape index (κ1) is 8.46. The van der Waals surface area contributed by atoms with Gasteiger partial charge in [-0.3, -0.25) is 0 Å². The van der Waals surface area contributed by atoms with Crippen molar-refractivity contribution in [3.63, 3.8) is 0 Å². The maximum Gasteiger partial charge on any atom is 0.213 e. The van der Waals surface area contributed by atoms with Gasteiger partial charge in [-0.15, -0.1) is 0 Å². The highest BCUT2D eigenvalue weighted by Crippen LogP contribution is 2.25. The Morgan fingerprint density at radius 3 is 2.24 bits per heavy atom. The van der Waals surface area contributed by atoms with E-state index in [1.54, 1.807) is 6.20 Å². The number of nitrogens with zero attached hydrogens (tertiary/aromatic N) is 1. The van der Waals surface area contributed by atoms with Crippen LogP contribution in [0.4, 0.5) is 0 Å². The Kier molecular flexibility index (Phi) is 2.15. The maximum absolute atomic E-state index is 7.59. The fourth-order valence-electron chi connectivity index (χ4n) is 2.22. The summed E-state index contributed by atoms with van der Waals surface area (Å²) >= 11 is 0. The summed E-state index contributed by atoms with van der Waals surface area (Å²) in [6.45, 7) is 3.95. The number of hydrogen-bond donors (Lipinski definition) is 0. The SMILES string of the molecule is [2H]C([2H])([2H])c1c[n+](C)c(-c2c(C)cccc2C)cc1C. The molecule has 17 heavy (non-hydrogen) atoms. The van der Waals surface area contributed by atoms with E-state index >= 15 is 0 Å². The van der Waals surface area contributed by atoms with Crippen molar-refractivity contribution in [2.45, 2.75) is 27.6 Å². The predicted octanol–water partition coefficient (Wildman–Crippen LogP) is 3.41. The van der Waals surface area contributed by atoms with Gasteiger partial charge in [-0.1, -0.05) is 18.2 Å². The van der Waals surface area contributed by atoms with Gasteiger partial charge in [0.15, 0.2) is 6.20 Å². The Hall–Kier alpha value is -1.63. The lowest BCUT2D eigenvalue weighted by Gasteiger charge is -2.09. The first-order valence-corrected chi connectivity index (χ1v) is 5.79. The molecule has 0 amide bonds. The third kappa shape index (κ3) is 2.10. The van der Waals surface area contributed by atoms with Crippen LogP contribution in [-0.2, 0) is 7.05 Å². The first-order valence-electron chi connectivity index (χ1n) is 7.29. The van der Waals surface area contributed by atoms with Gasteiger partial charge in [0.1, 0.15) is 7.05 Å². The standard InChI is InChI=1S/C16H20N/c1-11-7-6-8-12(2)16(11)15-9-13(3)14(4)10-17(15)5/h6-10H,1-5H3/q+1/i4D3. The Bertz CT molecular complexity index is 637. The highest BCUT2D eigenvalue weighted by atomic mass is 14.9. The summed E-state index contributed by atoms with van der Waals surface area (Å²) < 4.78 is 24.7. The summed E-state index contributed by atoms with van der Waals surface area (Å²) in [6, 6.07) is 8.17. The Morgan fingerprint density at radius 1 is 1.00 bits per heavy atom. The second kappa shape index (κ2) is 4.33. The molecule has 2 rings (SSSR count). The van der Waals surface area contributed by atoms with Crippen LogP contribution in [0.2, 0.25) is 0 Å². The molecule has 1 heterocycles. The van der Waals surface area contributed by atoms with E-state index in [2.05, 4.69) is 26.0 Å². The molecule has 1 aromatic heterocycles. The monoisotopic (exact) mass is 229 g/mol. The van der Waals surface area contributed by atoms with Crippen LogP contribution >= 0.6 is 0 Å². The number of benzene rings is 1. The van der Waals surface area contributed by atoms with Gasteiger partial charge in [-0.05, 0) is 44.3 Å². The molecule has 0 atom stereocenters. The maximum atomic E-state index is 7.59. The predicted molar refractivity (Wildman–Crippen MR) is 72.0 cm³/mol. The zero-order chi connectivity index (χ0) is 15.1. The van der Waals surface area contributed by atoms with Gasteiger partial charge in [0.05, 0.1) is 5.56 Å². The van der Waals surface area contributed by atoms with Crippen molar-refractivity contribution in [1.82, 2.24) is 0 Å². The van der Waals surface area contributed by atoms with Crippen molar-refractivity contribution >= 4 is 0 Å². The second-order valence-electron chi connectivity index (χ2n) is 4.63. The molecule has 0 unspecified atom stereocenters. The molecule has 0 saturated heterocycles. The lowest BCUT2D eigenvalue weighted by molar-refractivity contribution is -0.660. The fourth-order valence-corrected chi connectivity index (χ4v) is 2.22. The van der Waals surface area contributed by atoms with E-state index in [-0.39, 0.29) is 0 Å². The van der Waals surface area contributed by atoms with Crippen molar-refractivity contribution in [3.8, 4) is 11.3 Å². The fraction of sp³-hybridized carbons (Fsp3) is 0.312. The van der Waals surface area contributed by atoms with Gasteiger partial charge in [0.2, 0.25) is 5.69 Å². The van der Waals surface area contributed by atoms with Crippen molar-refractivity contribution in [2.75, 3.05) is 0 Å². The van der Waals surface area contributed by atoms with Crippen LogP contribution in [0.25, 0.3) is 11.3 Å². The minimum atomic E-state index is -2.07. The Morgan fingerprint density at radius 2 is 1.65 bits per heavy atom. The summed E-state index contributed by atoms with van der Waals surface area (Å²) in [6.07, 6.45) is 1.73. The third-order valence-electron chi connectivity index (χ3n) is 3.22. The lowest BCUT2D eigenvalue weighted by Crippen LogP contribution is -2.31. The van der Waals surface area contributed by atoms with E-state index in [0.29, 0.717) is 5.56 Å². The van der Waals surface area contributed by atoms with Gasteiger partial charge in [0.25, 0.3) is 0 Å². The van der Waals surface area contributed by atoms with Gasteiger partial charge < -0.3 is 0 Å². The van der Waals surface area contributed by atoms with Gasteiger partial charge in [0, 0.05) is 15.7 Å². The summed E-state index contributed by atoms with van der Waals surface area (Å²) in [7, 11) is 1.90.